The van der Waals surface area contributed by atoms with Gasteiger partial charge in [-0.25, -0.2) is 0 Å². The van der Waals surface area contributed by atoms with E-state index in [4.69, 9.17) is 20.4 Å². The number of carbonyl (C=O) groups is 3. The molecule has 20 heavy (non-hydrogen) atoms. The maximum atomic E-state index is 10.1. The molecule has 0 aromatic heterocycles. The lowest BCUT2D eigenvalue weighted by atomic mass is 9.96. The van der Waals surface area contributed by atoms with E-state index >= 15 is 0 Å². The van der Waals surface area contributed by atoms with E-state index in [1.807, 2.05) is 0 Å². The number of aliphatic hydroxyl groups excluding tert-OH is 1. The molecular weight excluding hydrogens is 268 g/mol. The highest BCUT2D eigenvalue weighted by molar-refractivity contribution is 5.73. The zero-order chi connectivity index (χ0) is 16.2. The molecule has 0 saturated carbocycles. The van der Waals surface area contributed by atoms with Crippen molar-refractivity contribution in [2.24, 2.45) is 5.41 Å². The van der Waals surface area contributed by atoms with Crippen LogP contribution in [0.1, 0.15) is 52.4 Å². The molecule has 0 aliphatic rings. The minimum atomic E-state index is -0.986. The summed E-state index contributed by atoms with van der Waals surface area (Å²) in [6, 6.07) is 0. The maximum absolute atomic E-state index is 10.1. The summed E-state index contributed by atoms with van der Waals surface area (Å²) < 4.78 is 0. The van der Waals surface area contributed by atoms with Crippen LogP contribution in [0.4, 0.5) is 0 Å². The molecule has 0 radical (unpaired) electrons. The van der Waals surface area contributed by atoms with E-state index in [1.54, 1.807) is 0 Å². The van der Waals surface area contributed by atoms with Gasteiger partial charge in [0.15, 0.2) is 0 Å². The van der Waals surface area contributed by atoms with Gasteiger partial charge in [-0.3, -0.25) is 14.4 Å². The molecule has 0 atom stereocenters. The highest BCUT2D eigenvalue weighted by atomic mass is 16.4. The third-order valence-corrected chi connectivity index (χ3v) is 2.51. The second-order valence-electron chi connectivity index (χ2n) is 5.05. The summed E-state index contributed by atoms with van der Waals surface area (Å²) in [5, 5.41) is 33.2. The van der Waals surface area contributed by atoms with Crippen LogP contribution in [-0.2, 0) is 14.4 Å². The molecule has 0 heterocycles. The van der Waals surface area contributed by atoms with Crippen LogP contribution in [0.2, 0.25) is 0 Å². The van der Waals surface area contributed by atoms with E-state index in [1.165, 1.54) is 13.8 Å². The first-order valence-corrected chi connectivity index (χ1v) is 6.41. The van der Waals surface area contributed by atoms with E-state index in [0.717, 1.165) is 12.8 Å². The van der Waals surface area contributed by atoms with Crippen molar-refractivity contribution in [1.82, 2.24) is 0 Å². The van der Waals surface area contributed by atoms with Gasteiger partial charge in [-0.05, 0) is 26.7 Å². The fraction of sp³-hybridized carbons (Fsp3) is 0.769. The van der Waals surface area contributed by atoms with Gasteiger partial charge in [-0.1, -0.05) is 12.8 Å². The number of aliphatic carboxylic acids is 3. The van der Waals surface area contributed by atoms with E-state index in [0.29, 0.717) is 12.8 Å². The molecule has 4 N–H and O–H groups in total. The van der Waals surface area contributed by atoms with Crippen LogP contribution in [0.5, 0.6) is 0 Å². The van der Waals surface area contributed by atoms with Crippen LogP contribution in [0, 0.1) is 5.41 Å². The second-order valence-corrected chi connectivity index (χ2v) is 5.05. The number of carboxylic acids is 3. The normalized spacial score (nSPS) is 10.3. The molecule has 0 unspecified atom stereocenters. The van der Waals surface area contributed by atoms with Crippen LogP contribution < -0.4 is 0 Å². The Morgan fingerprint density at radius 2 is 1.15 bits per heavy atom. The van der Waals surface area contributed by atoms with Crippen LogP contribution >= 0.6 is 0 Å². The van der Waals surface area contributed by atoms with Gasteiger partial charge in [0.25, 0.3) is 0 Å². The zero-order valence-electron chi connectivity index (χ0n) is 12.0. The van der Waals surface area contributed by atoms with Crippen molar-refractivity contribution >= 4 is 17.9 Å². The zero-order valence-corrected chi connectivity index (χ0v) is 12.0. The molecule has 7 heteroatoms. The molecule has 0 saturated heterocycles. The second kappa shape index (κ2) is 11.2. The first-order chi connectivity index (χ1) is 9.13. The molecule has 0 aromatic rings. The Labute approximate surface area is 118 Å². The molecule has 0 aliphatic carbocycles. The number of hydrogen-bond acceptors (Lipinski definition) is 4. The van der Waals surface area contributed by atoms with Crippen LogP contribution in [0.15, 0.2) is 0 Å². The van der Waals surface area contributed by atoms with Crippen molar-refractivity contribution in [3.8, 4) is 0 Å². The van der Waals surface area contributed by atoms with Crippen molar-refractivity contribution in [1.29, 1.82) is 0 Å². The van der Waals surface area contributed by atoms with Gasteiger partial charge in [-0.2, -0.15) is 0 Å². The minimum Gasteiger partial charge on any atom is -0.481 e. The number of carboxylic acid groups (broad SMARTS) is 3. The largest absolute Gasteiger partial charge is 0.481 e. The molecule has 0 spiro atoms. The third-order valence-electron chi connectivity index (χ3n) is 2.51. The number of rotatable bonds is 9. The fourth-order valence-electron chi connectivity index (χ4n) is 0.974. The van der Waals surface area contributed by atoms with E-state index in [-0.39, 0.29) is 19.4 Å². The summed E-state index contributed by atoms with van der Waals surface area (Å²) in [5.74, 6) is -2.54. The fourth-order valence-corrected chi connectivity index (χ4v) is 0.974. The van der Waals surface area contributed by atoms with E-state index in [2.05, 4.69) is 0 Å². The minimum absolute atomic E-state index is 0.188. The number of unbranched alkanes of at least 4 members (excludes halogenated alkanes) is 3. The molecule has 0 bridgehead atoms. The van der Waals surface area contributed by atoms with Gasteiger partial charge in [0, 0.05) is 12.8 Å². The summed E-state index contributed by atoms with van der Waals surface area (Å²) in [5.41, 5.74) is -0.986. The Hall–Kier alpha value is -1.63. The first kappa shape index (κ1) is 20.7. The van der Waals surface area contributed by atoms with Crippen molar-refractivity contribution in [3.05, 3.63) is 0 Å². The molecule has 0 rings (SSSR count). The highest BCUT2D eigenvalue weighted by Gasteiger charge is 2.25. The molecule has 7 nitrogen and oxygen atoms in total. The van der Waals surface area contributed by atoms with Crippen LogP contribution in [-0.4, -0.2) is 44.9 Å². The SMILES string of the molecule is CC(C)(CO)C(=O)O.O=C(O)CCCCCCC(=O)O. The average molecular weight is 292 g/mol. The summed E-state index contributed by atoms with van der Waals surface area (Å²) in [6.45, 7) is 2.62. The lowest BCUT2D eigenvalue weighted by molar-refractivity contribution is -0.149. The van der Waals surface area contributed by atoms with Gasteiger partial charge >= 0.3 is 17.9 Å². The number of aliphatic hydroxyl groups is 1. The third kappa shape index (κ3) is 14.4. The van der Waals surface area contributed by atoms with Crippen LogP contribution in [0.3, 0.4) is 0 Å². The Morgan fingerprint density at radius 3 is 1.30 bits per heavy atom. The summed E-state index contributed by atoms with van der Waals surface area (Å²) in [7, 11) is 0. The lowest BCUT2D eigenvalue weighted by Gasteiger charge is -2.13. The van der Waals surface area contributed by atoms with E-state index in [9.17, 15) is 14.4 Å². The average Bonchev–Trinajstić information content (AvgIpc) is 2.33. The summed E-state index contributed by atoms with van der Waals surface area (Å²) in [6.07, 6.45) is 3.28. The Bertz CT molecular complexity index is 292. The van der Waals surface area contributed by atoms with Crippen LogP contribution in [0.25, 0.3) is 0 Å². The van der Waals surface area contributed by atoms with Gasteiger partial charge in [0.1, 0.15) is 0 Å². The lowest BCUT2D eigenvalue weighted by Crippen LogP contribution is -2.27. The number of hydrogen-bond donors (Lipinski definition) is 4. The summed E-state index contributed by atoms with van der Waals surface area (Å²) >= 11 is 0. The smallest absolute Gasteiger partial charge is 0.311 e. The quantitative estimate of drug-likeness (QED) is 0.474. The molecule has 0 aromatic carbocycles. The Balaban J connectivity index is 0. The standard InChI is InChI=1S/C8H14O4.C5H10O3/c9-7(10)5-3-1-2-4-6-8(11)12;1-5(2,3-6)4(7)8/h1-6H2,(H,9,10)(H,11,12);6H,3H2,1-2H3,(H,7,8). The van der Waals surface area contributed by atoms with Crippen molar-refractivity contribution in [2.75, 3.05) is 6.61 Å². The molecular formula is C13H24O7. The molecule has 0 fully saturated rings. The predicted octanol–water partition coefficient (Wildman–Crippen LogP) is 1.59. The van der Waals surface area contributed by atoms with Crippen molar-refractivity contribution in [3.63, 3.8) is 0 Å². The Morgan fingerprint density at radius 1 is 0.800 bits per heavy atom. The maximum Gasteiger partial charge on any atom is 0.311 e. The summed E-state index contributed by atoms with van der Waals surface area (Å²) in [4.78, 5) is 30.2. The first-order valence-electron chi connectivity index (χ1n) is 6.41. The highest BCUT2D eigenvalue weighted by Crippen LogP contribution is 2.12. The molecule has 0 aliphatic heterocycles. The van der Waals surface area contributed by atoms with Gasteiger partial charge in [-0.15, -0.1) is 0 Å². The van der Waals surface area contributed by atoms with Gasteiger partial charge < -0.3 is 20.4 Å². The monoisotopic (exact) mass is 292 g/mol. The molecule has 118 valence electrons. The topological polar surface area (TPSA) is 132 Å². The Kier molecular flexibility index (Phi) is 11.6. The van der Waals surface area contributed by atoms with Gasteiger partial charge in [0.05, 0.1) is 12.0 Å². The predicted molar refractivity (Wildman–Crippen MR) is 71.5 cm³/mol. The van der Waals surface area contributed by atoms with Crippen molar-refractivity contribution < 1.29 is 34.8 Å². The molecule has 0 amide bonds. The van der Waals surface area contributed by atoms with Gasteiger partial charge in [0.2, 0.25) is 0 Å². The van der Waals surface area contributed by atoms with Crippen molar-refractivity contribution in [2.45, 2.75) is 52.4 Å². The van der Waals surface area contributed by atoms with E-state index < -0.39 is 23.3 Å².